The Kier molecular flexibility index (Phi) is 5.61. The van der Waals surface area contributed by atoms with E-state index in [-0.39, 0.29) is 11.9 Å². The van der Waals surface area contributed by atoms with Crippen molar-refractivity contribution in [2.24, 2.45) is 5.92 Å². The summed E-state index contributed by atoms with van der Waals surface area (Å²) >= 11 is 1.52. The lowest BCUT2D eigenvalue weighted by atomic mass is 9.88. The molecule has 0 bridgehead atoms. The summed E-state index contributed by atoms with van der Waals surface area (Å²) in [6.07, 6.45) is 4.97. The Labute approximate surface area is 185 Å². The van der Waals surface area contributed by atoms with Crippen LogP contribution in [-0.2, 0) is 6.42 Å². The van der Waals surface area contributed by atoms with Crippen LogP contribution in [0.3, 0.4) is 0 Å². The SMILES string of the molecule is COc1cccc([C@H](c2sc3ncnn3c2O)[NH+]2CCC(Cc3ccccc3)CC2)c1. The fourth-order valence-corrected chi connectivity index (χ4v) is 5.88. The predicted molar refractivity (Wildman–Crippen MR) is 121 cm³/mol. The number of nitrogens with one attached hydrogen (secondary N) is 1. The molecule has 160 valence electrons. The van der Waals surface area contributed by atoms with Gasteiger partial charge in [0.1, 0.15) is 17.0 Å². The van der Waals surface area contributed by atoms with Crippen LogP contribution >= 0.6 is 11.3 Å². The maximum atomic E-state index is 10.9. The van der Waals surface area contributed by atoms with E-state index in [1.807, 2.05) is 12.1 Å². The number of hydrogen-bond donors (Lipinski definition) is 2. The van der Waals surface area contributed by atoms with Crippen LogP contribution in [0.4, 0.5) is 0 Å². The summed E-state index contributed by atoms with van der Waals surface area (Å²) in [4.78, 5) is 7.40. The molecule has 0 unspecified atom stereocenters. The topological polar surface area (TPSA) is 64.1 Å². The molecule has 0 aliphatic carbocycles. The van der Waals surface area contributed by atoms with Gasteiger partial charge in [0.15, 0.2) is 6.04 Å². The zero-order valence-electron chi connectivity index (χ0n) is 17.6. The van der Waals surface area contributed by atoms with Gasteiger partial charge >= 0.3 is 0 Å². The molecule has 2 aromatic carbocycles. The Hall–Kier alpha value is -2.90. The first kappa shape index (κ1) is 20.0. The molecule has 31 heavy (non-hydrogen) atoms. The Morgan fingerprint density at radius 3 is 2.71 bits per heavy atom. The van der Waals surface area contributed by atoms with E-state index in [0.717, 1.165) is 40.7 Å². The summed E-state index contributed by atoms with van der Waals surface area (Å²) in [5, 5.41) is 15.1. The quantitative estimate of drug-likeness (QED) is 0.488. The monoisotopic (exact) mass is 435 g/mol. The molecular weight excluding hydrogens is 408 g/mol. The van der Waals surface area contributed by atoms with E-state index in [0.29, 0.717) is 5.92 Å². The Bertz CT molecular complexity index is 1150. The summed E-state index contributed by atoms with van der Waals surface area (Å²) in [5.41, 5.74) is 2.57. The van der Waals surface area contributed by atoms with Crippen molar-refractivity contribution in [1.82, 2.24) is 14.6 Å². The van der Waals surface area contributed by atoms with Gasteiger partial charge < -0.3 is 14.7 Å². The number of aromatic hydroxyl groups is 1. The molecule has 1 aliphatic heterocycles. The molecule has 3 heterocycles. The zero-order chi connectivity index (χ0) is 21.2. The van der Waals surface area contributed by atoms with E-state index in [1.165, 1.54) is 45.5 Å². The zero-order valence-corrected chi connectivity index (χ0v) is 18.4. The minimum atomic E-state index is 0.0290. The van der Waals surface area contributed by atoms with Gasteiger partial charge in [-0.05, 0) is 42.9 Å². The van der Waals surface area contributed by atoms with Crippen LogP contribution in [-0.4, -0.2) is 39.9 Å². The number of methoxy groups -OCH3 is 1. The van der Waals surface area contributed by atoms with Crippen LogP contribution in [0.25, 0.3) is 4.96 Å². The number of piperidine rings is 1. The maximum Gasteiger partial charge on any atom is 0.235 e. The number of aromatic nitrogens is 3. The number of likely N-dealkylation sites (tertiary alicyclic amines) is 1. The third-order valence-electron chi connectivity index (χ3n) is 6.35. The number of hydrogen-bond acceptors (Lipinski definition) is 5. The van der Waals surface area contributed by atoms with Crippen molar-refractivity contribution in [3.05, 3.63) is 76.9 Å². The van der Waals surface area contributed by atoms with E-state index >= 15 is 0 Å². The molecular formula is C24H27N4O2S+. The predicted octanol–water partition coefficient (Wildman–Crippen LogP) is 3.13. The molecule has 7 heteroatoms. The molecule has 1 saturated heterocycles. The molecule has 2 N–H and O–H groups in total. The first-order valence-corrected chi connectivity index (χ1v) is 11.6. The summed E-state index contributed by atoms with van der Waals surface area (Å²) in [6, 6.07) is 19.0. The molecule has 4 aromatic rings. The van der Waals surface area contributed by atoms with Gasteiger partial charge in [-0.3, -0.25) is 0 Å². The van der Waals surface area contributed by atoms with E-state index < -0.39 is 0 Å². The average molecular weight is 436 g/mol. The largest absolute Gasteiger partial charge is 0.497 e. The normalized spacial score (nSPS) is 20.0. The third-order valence-corrected chi connectivity index (χ3v) is 7.45. The number of rotatable bonds is 6. The van der Waals surface area contributed by atoms with Crippen molar-refractivity contribution >= 4 is 16.3 Å². The van der Waals surface area contributed by atoms with Gasteiger partial charge in [0.25, 0.3) is 0 Å². The second-order valence-electron chi connectivity index (χ2n) is 8.25. The van der Waals surface area contributed by atoms with Gasteiger partial charge in [-0.1, -0.05) is 53.8 Å². The molecule has 1 atom stereocenters. The molecule has 2 aromatic heterocycles. The molecule has 1 fully saturated rings. The lowest BCUT2D eigenvalue weighted by Crippen LogP contribution is -3.13. The highest BCUT2D eigenvalue weighted by molar-refractivity contribution is 7.17. The van der Waals surface area contributed by atoms with Gasteiger partial charge in [-0.25, -0.2) is 4.98 Å². The van der Waals surface area contributed by atoms with Crippen LogP contribution in [0.1, 0.15) is 34.9 Å². The fraction of sp³-hybridized carbons (Fsp3) is 0.333. The summed E-state index contributed by atoms with van der Waals surface area (Å²) < 4.78 is 7.02. The summed E-state index contributed by atoms with van der Waals surface area (Å²) in [6.45, 7) is 2.12. The van der Waals surface area contributed by atoms with Crippen LogP contribution in [0.15, 0.2) is 60.9 Å². The van der Waals surface area contributed by atoms with E-state index in [4.69, 9.17) is 4.74 Å². The molecule has 1 aliphatic rings. The number of benzene rings is 2. The van der Waals surface area contributed by atoms with Gasteiger partial charge in [-0.2, -0.15) is 9.61 Å². The average Bonchev–Trinajstić information content (AvgIpc) is 3.39. The lowest BCUT2D eigenvalue weighted by molar-refractivity contribution is -0.931. The molecule has 0 amide bonds. The summed E-state index contributed by atoms with van der Waals surface area (Å²) in [7, 11) is 1.69. The highest BCUT2D eigenvalue weighted by atomic mass is 32.1. The Morgan fingerprint density at radius 1 is 1.16 bits per heavy atom. The van der Waals surface area contributed by atoms with Gasteiger partial charge in [0.05, 0.1) is 20.2 Å². The van der Waals surface area contributed by atoms with Gasteiger partial charge in [-0.15, -0.1) is 0 Å². The van der Waals surface area contributed by atoms with Crippen molar-refractivity contribution in [2.45, 2.75) is 25.3 Å². The number of fused-ring (bicyclic) bond motifs is 1. The second kappa shape index (κ2) is 8.69. The minimum Gasteiger partial charge on any atom is -0.497 e. The molecule has 0 spiro atoms. The van der Waals surface area contributed by atoms with Crippen molar-refractivity contribution in [3.8, 4) is 11.6 Å². The van der Waals surface area contributed by atoms with E-state index in [1.54, 1.807) is 7.11 Å². The van der Waals surface area contributed by atoms with Crippen LogP contribution in [0.2, 0.25) is 0 Å². The number of nitrogens with zero attached hydrogens (tertiary/aromatic N) is 3. The first-order chi connectivity index (χ1) is 15.2. The van der Waals surface area contributed by atoms with Gasteiger partial charge in [0.2, 0.25) is 10.8 Å². The van der Waals surface area contributed by atoms with Crippen molar-refractivity contribution < 1.29 is 14.7 Å². The molecule has 6 nitrogen and oxygen atoms in total. The Morgan fingerprint density at radius 2 is 1.97 bits per heavy atom. The molecule has 5 rings (SSSR count). The van der Waals surface area contributed by atoms with Crippen molar-refractivity contribution in [2.75, 3.05) is 20.2 Å². The van der Waals surface area contributed by atoms with E-state index in [2.05, 4.69) is 52.5 Å². The summed E-state index contributed by atoms with van der Waals surface area (Å²) in [5.74, 6) is 1.73. The van der Waals surface area contributed by atoms with Gasteiger partial charge in [0, 0.05) is 5.56 Å². The lowest BCUT2D eigenvalue weighted by Gasteiger charge is -2.34. The van der Waals surface area contributed by atoms with Crippen molar-refractivity contribution in [1.29, 1.82) is 0 Å². The first-order valence-electron chi connectivity index (χ1n) is 10.8. The number of ether oxygens (including phenoxy) is 1. The minimum absolute atomic E-state index is 0.0290. The van der Waals surface area contributed by atoms with E-state index in [9.17, 15) is 5.11 Å². The maximum absolute atomic E-state index is 10.9. The third kappa shape index (κ3) is 4.03. The standard InChI is InChI=1S/C24H26N4O2S/c1-30-20-9-5-8-19(15-20)21(22-23(29)28-24(31-22)25-16-26-28)27-12-10-18(11-13-27)14-17-6-3-2-4-7-17/h2-9,15-16,18,21,29H,10-14H2,1H3/p+1/t21-/m1/s1. The smallest absolute Gasteiger partial charge is 0.235 e. The fourth-order valence-electron chi connectivity index (χ4n) is 4.76. The number of quaternary nitrogens is 1. The van der Waals surface area contributed by atoms with Crippen LogP contribution in [0, 0.1) is 5.92 Å². The molecule has 0 saturated carbocycles. The van der Waals surface area contributed by atoms with Crippen LogP contribution in [0.5, 0.6) is 11.6 Å². The number of thiazole rings is 1. The molecule has 0 radical (unpaired) electrons. The van der Waals surface area contributed by atoms with Crippen LogP contribution < -0.4 is 9.64 Å². The second-order valence-corrected chi connectivity index (χ2v) is 9.25. The highest BCUT2D eigenvalue weighted by Gasteiger charge is 2.35. The van der Waals surface area contributed by atoms with Crippen molar-refractivity contribution in [3.63, 3.8) is 0 Å². The Balaban J connectivity index is 1.42. The highest BCUT2D eigenvalue weighted by Crippen LogP contribution is 2.36.